The quantitative estimate of drug-likeness (QED) is 0.739. The number of carbonyl (C=O) groups is 1. The third-order valence-corrected chi connectivity index (χ3v) is 5.31. The molecule has 2 aromatic rings. The van der Waals surface area contributed by atoms with E-state index in [9.17, 15) is 13.2 Å². The van der Waals surface area contributed by atoms with E-state index < -0.39 is 16.1 Å². The summed E-state index contributed by atoms with van der Waals surface area (Å²) >= 11 is 5.80. The smallest absolute Gasteiger partial charge is 0.241 e. The Morgan fingerprint density at radius 2 is 1.72 bits per heavy atom. The van der Waals surface area contributed by atoms with Crippen LogP contribution in [0.2, 0.25) is 5.02 Å². The predicted octanol–water partition coefficient (Wildman–Crippen LogP) is 2.76. The highest BCUT2D eigenvalue weighted by molar-refractivity contribution is 7.89. The van der Waals surface area contributed by atoms with Crippen LogP contribution in [0, 0.1) is 0 Å². The number of amides is 1. The van der Waals surface area contributed by atoms with E-state index in [1.807, 2.05) is 37.3 Å². The Morgan fingerprint density at radius 3 is 2.32 bits per heavy atom. The van der Waals surface area contributed by atoms with Crippen molar-refractivity contribution in [2.24, 2.45) is 0 Å². The Kier molecular flexibility index (Phi) is 6.99. The molecule has 0 aromatic heterocycles. The van der Waals surface area contributed by atoms with Crippen molar-refractivity contribution >= 4 is 27.5 Å². The van der Waals surface area contributed by atoms with E-state index in [2.05, 4.69) is 10.0 Å². The molecule has 7 heteroatoms. The monoisotopic (exact) mass is 380 g/mol. The molecule has 134 valence electrons. The molecule has 0 aliphatic rings. The summed E-state index contributed by atoms with van der Waals surface area (Å²) < 4.78 is 27.7. The van der Waals surface area contributed by atoms with Crippen LogP contribution >= 0.6 is 11.6 Å². The van der Waals surface area contributed by atoms with E-state index >= 15 is 0 Å². The molecule has 0 unspecified atom stereocenters. The van der Waals surface area contributed by atoms with Gasteiger partial charge in [0.15, 0.2) is 0 Å². The molecule has 0 bridgehead atoms. The van der Waals surface area contributed by atoms with E-state index in [4.69, 9.17) is 11.6 Å². The summed E-state index contributed by atoms with van der Waals surface area (Å²) in [6.07, 6.45) is 1.04. The minimum atomic E-state index is -3.84. The third kappa shape index (κ3) is 5.85. The van der Waals surface area contributed by atoms with Gasteiger partial charge in [0, 0.05) is 11.6 Å². The summed E-state index contributed by atoms with van der Waals surface area (Å²) in [7, 11) is -3.84. The SMILES string of the molecule is CCCNC(=O)[C@@H](Cc1ccccc1)NS(=O)(=O)c1ccc(Cl)cc1. The van der Waals surface area contributed by atoms with Gasteiger partial charge in [0.25, 0.3) is 0 Å². The molecule has 0 saturated heterocycles. The third-order valence-electron chi connectivity index (χ3n) is 3.57. The molecule has 2 aromatic carbocycles. The van der Waals surface area contributed by atoms with Gasteiger partial charge >= 0.3 is 0 Å². The first-order chi connectivity index (χ1) is 11.9. The van der Waals surface area contributed by atoms with Crippen molar-refractivity contribution in [3.8, 4) is 0 Å². The zero-order valence-corrected chi connectivity index (χ0v) is 15.5. The van der Waals surface area contributed by atoms with E-state index in [0.717, 1.165) is 12.0 Å². The lowest BCUT2D eigenvalue weighted by Crippen LogP contribution is -2.48. The number of rotatable bonds is 8. The molecule has 0 radical (unpaired) electrons. The Balaban J connectivity index is 2.22. The number of carbonyl (C=O) groups excluding carboxylic acids is 1. The van der Waals surface area contributed by atoms with Gasteiger partial charge < -0.3 is 5.32 Å². The highest BCUT2D eigenvalue weighted by Crippen LogP contribution is 2.15. The molecule has 0 aliphatic carbocycles. The maximum absolute atomic E-state index is 12.6. The fourth-order valence-corrected chi connectivity index (χ4v) is 3.60. The normalized spacial score (nSPS) is 12.6. The Morgan fingerprint density at radius 1 is 1.08 bits per heavy atom. The van der Waals surface area contributed by atoms with Gasteiger partial charge in [0.2, 0.25) is 15.9 Å². The van der Waals surface area contributed by atoms with Gasteiger partial charge in [0.1, 0.15) is 6.04 Å². The van der Waals surface area contributed by atoms with Crippen LogP contribution in [0.5, 0.6) is 0 Å². The van der Waals surface area contributed by atoms with Gasteiger partial charge in [-0.05, 0) is 42.7 Å². The van der Waals surface area contributed by atoms with E-state index in [1.165, 1.54) is 24.3 Å². The zero-order chi connectivity index (χ0) is 18.3. The molecule has 0 heterocycles. The summed E-state index contributed by atoms with van der Waals surface area (Å²) in [4.78, 5) is 12.5. The van der Waals surface area contributed by atoms with E-state index in [1.54, 1.807) is 0 Å². The van der Waals surface area contributed by atoms with Crippen LogP contribution in [-0.2, 0) is 21.2 Å². The van der Waals surface area contributed by atoms with Crippen LogP contribution < -0.4 is 10.0 Å². The van der Waals surface area contributed by atoms with E-state index in [-0.39, 0.29) is 17.2 Å². The molecule has 0 spiro atoms. The highest BCUT2D eigenvalue weighted by Gasteiger charge is 2.25. The fraction of sp³-hybridized carbons (Fsp3) is 0.278. The Bertz CT molecular complexity index is 793. The van der Waals surface area contributed by atoms with Crippen LogP contribution in [0.3, 0.4) is 0 Å². The standard InChI is InChI=1S/C18H21ClN2O3S/c1-2-12-20-18(22)17(13-14-6-4-3-5-7-14)21-25(23,24)16-10-8-15(19)9-11-16/h3-11,17,21H,2,12-13H2,1H3,(H,20,22)/t17-/m1/s1. The molecule has 2 N–H and O–H groups in total. The highest BCUT2D eigenvalue weighted by atomic mass is 35.5. The molecule has 1 amide bonds. The minimum Gasteiger partial charge on any atom is -0.355 e. The average molecular weight is 381 g/mol. The first-order valence-corrected chi connectivity index (χ1v) is 9.88. The lowest BCUT2D eigenvalue weighted by Gasteiger charge is -2.18. The van der Waals surface area contributed by atoms with Gasteiger partial charge in [-0.25, -0.2) is 8.42 Å². The zero-order valence-electron chi connectivity index (χ0n) is 13.9. The largest absolute Gasteiger partial charge is 0.355 e. The average Bonchev–Trinajstić information content (AvgIpc) is 2.60. The molecule has 0 saturated carbocycles. The first-order valence-electron chi connectivity index (χ1n) is 8.02. The predicted molar refractivity (Wildman–Crippen MR) is 99.0 cm³/mol. The van der Waals surface area contributed by atoms with Crippen LogP contribution in [-0.4, -0.2) is 26.9 Å². The maximum Gasteiger partial charge on any atom is 0.241 e. The lowest BCUT2D eigenvalue weighted by atomic mass is 10.1. The van der Waals surface area contributed by atoms with Gasteiger partial charge in [-0.3, -0.25) is 4.79 Å². The molecule has 0 fully saturated rings. The summed E-state index contributed by atoms with van der Waals surface area (Å²) in [6, 6.07) is 14.2. The molecular formula is C18H21ClN2O3S. The van der Waals surface area contributed by atoms with Gasteiger partial charge in [-0.15, -0.1) is 0 Å². The Hall–Kier alpha value is -1.89. The molecule has 5 nitrogen and oxygen atoms in total. The maximum atomic E-state index is 12.6. The number of hydrogen-bond donors (Lipinski definition) is 2. The van der Waals surface area contributed by atoms with Crippen molar-refractivity contribution in [3.63, 3.8) is 0 Å². The second kappa shape index (κ2) is 8.99. The van der Waals surface area contributed by atoms with Crippen molar-refractivity contribution in [2.45, 2.75) is 30.7 Å². The molecule has 0 aliphatic heterocycles. The van der Waals surface area contributed by atoms with Crippen molar-refractivity contribution < 1.29 is 13.2 Å². The van der Waals surface area contributed by atoms with Gasteiger partial charge in [0.05, 0.1) is 4.90 Å². The summed E-state index contributed by atoms with van der Waals surface area (Å²) in [5, 5.41) is 3.19. The Labute approximate surface area is 153 Å². The number of benzene rings is 2. The minimum absolute atomic E-state index is 0.0678. The molecule has 2 rings (SSSR count). The van der Waals surface area contributed by atoms with Crippen molar-refractivity contribution in [1.29, 1.82) is 0 Å². The lowest BCUT2D eigenvalue weighted by molar-refractivity contribution is -0.122. The van der Waals surface area contributed by atoms with Crippen LogP contribution in [0.4, 0.5) is 0 Å². The van der Waals surface area contributed by atoms with E-state index in [0.29, 0.717) is 11.6 Å². The van der Waals surface area contributed by atoms with Crippen molar-refractivity contribution in [2.75, 3.05) is 6.54 Å². The first kappa shape index (κ1) is 19.4. The molecular weight excluding hydrogens is 360 g/mol. The second-order valence-electron chi connectivity index (χ2n) is 5.61. The van der Waals surface area contributed by atoms with Crippen molar-refractivity contribution in [3.05, 3.63) is 65.2 Å². The summed E-state index contributed by atoms with van der Waals surface area (Å²) in [6.45, 7) is 2.43. The number of halogens is 1. The number of hydrogen-bond acceptors (Lipinski definition) is 3. The number of sulfonamides is 1. The van der Waals surface area contributed by atoms with Gasteiger partial charge in [-0.1, -0.05) is 48.9 Å². The second-order valence-corrected chi connectivity index (χ2v) is 7.76. The topological polar surface area (TPSA) is 75.3 Å². The summed E-state index contributed by atoms with van der Waals surface area (Å²) in [5.74, 6) is -0.344. The van der Waals surface area contributed by atoms with Gasteiger partial charge in [-0.2, -0.15) is 4.72 Å². The summed E-state index contributed by atoms with van der Waals surface area (Å²) in [5.41, 5.74) is 0.873. The van der Waals surface area contributed by atoms with Crippen molar-refractivity contribution in [1.82, 2.24) is 10.0 Å². The fourth-order valence-electron chi connectivity index (χ4n) is 2.28. The molecule has 1 atom stereocenters. The molecule has 25 heavy (non-hydrogen) atoms. The van der Waals surface area contributed by atoms with Crippen LogP contribution in [0.25, 0.3) is 0 Å². The number of nitrogens with one attached hydrogen (secondary N) is 2. The van der Waals surface area contributed by atoms with Crippen LogP contribution in [0.1, 0.15) is 18.9 Å². The van der Waals surface area contributed by atoms with Crippen LogP contribution in [0.15, 0.2) is 59.5 Å².